The molecule has 0 unspecified atom stereocenters. The molecule has 30 heavy (non-hydrogen) atoms. The van der Waals surface area contributed by atoms with E-state index in [9.17, 15) is 9.18 Å². The van der Waals surface area contributed by atoms with Crippen LogP contribution in [0.1, 0.15) is 17.0 Å². The molecule has 0 atom stereocenters. The van der Waals surface area contributed by atoms with E-state index in [1.54, 1.807) is 13.0 Å². The molecule has 0 bridgehead atoms. The van der Waals surface area contributed by atoms with Crippen molar-refractivity contribution < 1.29 is 13.6 Å². The third-order valence-electron chi connectivity index (χ3n) is 5.01. The summed E-state index contributed by atoms with van der Waals surface area (Å²) >= 11 is 0. The number of benzene rings is 2. The van der Waals surface area contributed by atoms with Crippen LogP contribution in [0.15, 0.2) is 59.0 Å². The topological polar surface area (TPSA) is 73.0 Å². The van der Waals surface area contributed by atoms with Crippen LogP contribution in [-0.4, -0.2) is 20.7 Å². The Morgan fingerprint density at radius 3 is 2.50 bits per heavy atom. The number of aromatic nitrogens is 3. The third kappa shape index (κ3) is 3.87. The lowest BCUT2D eigenvalue weighted by molar-refractivity contribution is -0.116. The van der Waals surface area contributed by atoms with E-state index >= 15 is 0 Å². The van der Waals surface area contributed by atoms with Crippen LogP contribution in [0.3, 0.4) is 0 Å². The Morgan fingerprint density at radius 1 is 1.03 bits per heavy atom. The lowest BCUT2D eigenvalue weighted by atomic mass is 10.2. The van der Waals surface area contributed by atoms with Crippen molar-refractivity contribution in [2.45, 2.75) is 27.3 Å². The molecular weight excluding hydrogens is 383 g/mol. The molecule has 0 radical (unpaired) electrons. The van der Waals surface area contributed by atoms with Crippen molar-refractivity contribution in [3.8, 4) is 22.9 Å². The number of rotatable bonds is 5. The Balaban J connectivity index is 1.55. The molecule has 0 saturated heterocycles. The molecule has 2 heterocycles. The van der Waals surface area contributed by atoms with E-state index in [0.717, 1.165) is 22.5 Å². The van der Waals surface area contributed by atoms with Gasteiger partial charge in [-0.2, -0.15) is 0 Å². The van der Waals surface area contributed by atoms with Crippen molar-refractivity contribution >= 4 is 11.6 Å². The molecule has 2 aromatic carbocycles. The van der Waals surface area contributed by atoms with Crippen LogP contribution in [0.4, 0.5) is 10.1 Å². The predicted molar refractivity (Wildman–Crippen MR) is 112 cm³/mol. The van der Waals surface area contributed by atoms with E-state index in [-0.39, 0.29) is 18.3 Å². The van der Waals surface area contributed by atoms with Gasteiger partial charge in [0.1, 0.15) is 12.4 Å². The molecule has 0 aliphatic carbocycles. The smallest absolute Gasteiger partial charge is 0.249 e. The molecule has 0 fully saturated rings. The maximum atomic E-state index is 13.3. The summed E-state index contributed by atoms with van der Waals surface area (Å²) in [5.41, 5.74) is 4.64. The third-order valence-corrected chi connectivity index (χ3v) is 5.01. The molecule has 2 aromatic heterocycles. The average Bonchev–Trinajstić information content (AvgIpc) is 3.31. The lowest BCUT2D eigenvalue weighted by Crippen LogP contribution is -2.20. The first-order valence-corrected chi connectivity index (χ1v) is 9.54. The Hall–Kier alpha value is -3.74. The van der Waals surface area contributed by atoms with Crippen molar-refractivity contribution in [3.05, 3.63) is 77.4 Å². The summed E-state index contributed by atoms with van der Waals surface area (Å²) in [7, 11) is 0. The van der Waals surface area contributed by atoms with Crippen LogP contribution in [-0.2, 0) is 11.3 Å². The highest BCUT2D eigenvalue weighted by Gasteiger charge is 2.18. The summed E-state index contributed by atoms with van der Waals surface area (Å²) < 4.78 is 21.0. The van der Waals surface area contributed by atoms with E-state index in [0.29, 0.717) is 23.0 Å². The second-order valence-corrected chi connectivity index (χ2v) is 7.16. The number of hydrogen-bond acceptors (Lipinski definition) is 4. The number of hydrogen-bond donors (Lipinski definition) is 1. The van der Waals surface area contributed by atoms with Gasteiger partial charge in [-0.05, 0) is 62.7 Å². The van der Waals surface area contributed by atoms with E-state index in [1.807, 2.05) is 54.8 Å². The molecule has 152 valence electrons. The molecule has 4 aromatic rings. The van der Waals surface area contributed by atoms with Gasteiger partial charge >= 0.3 is 0 Å². The first-order valence-electron chi connectivity index (χ1n) is 9.54. The summed E-state index contributed by atoms with van der Waals surface area (Å²) in [5, 5.41) is 11.2. The molecule has 0 aliphatic heterocycles. The molecule has 4 rings (SSSR count). The fourth-order valence-corrected chi connectivity index (χ4v) is 3.39. The highest BCUT2D eigenvalue weighted by molar-refractivity contribution is 5.91. The van der Waals surface area contributed by atoms with Crippen LogP contribution < -0.4 is 5.32 Å². The number of nitrogens with zero attached hydrogens (tertiary/aromatic N) is 3. The van der Waals surface area contributed by atoms with Crippen LogP contribution in [0.25, 0.3) is 22.9 Å². The summed E-state index contributed by atoms with van der Waals surface area (Å²) in [4.78, 5) is 12.6. The highest BCUT2D eigenvalue weighted by Crippen LogP contribution is 2.28. The van der Waals surface area contributed by atoms with Crippen molar-refractivity contribution in [2.24, 2.45) is 0 Å². The molecule has 0 spiro atoms. The number of carbonyl (C=O) groups is 1. The molecule has 7 heteroatoms. The van der Waals surface area contributed by atoms with E-state index in [1.165, 1.54) is 12.1 Å². The van der Waals surface area contributed by atoms with Gasteiger partial charge in [0.05, 0.1) is 5.56 Å². The van der Waals surface area contributed by atoms with Gasteiger partial charge in [-0.3, -0.25) is 4.79 Å². The molecule has 0 aliphatic rings. The number of nitrogens with one attached hydrogen (secondary N) is 1. The van der Waals surface area contributed by atoms with Crippen LogP contribution in [0.5, 0.6) is 0 Å². The summed E-state index contributed by atoms with van der Waals surface area (Å²) in [6.45, 7) is 5.70. The largest absolute Gasteiger partial charge is 0.416 e. The van der Waals surface area contributed by atoms with Crippen LogP contribution in [0.2, 0.25) is 0 Å². The number of amides is 1. The van der Waals surface area contributed by atoms with Crippen molar-refractivity contribution in [1.29, 1.82) is 0 Å². The maximum Gasteiger partial charge on any atom is 0.249 e. The summed E-state index contributed by atoms with van der Waals surface area (Å²) in [6.07, 6.45) is 0. The average molecular weight is 404 g/mol. The number of anilines is 1. The second kappa shape index (κ2) is 7.94. The number of halogens is 1. The number of aryl methyl sites for hydroxylation is 2. The Morgan fingerprint density at radius 2 is 1.77 bits per heavy atom. The first-order chi connectivity index (χ1) is 14.4. The highest BCUT2D eigenvalue weighted by atomic mass is 19.1. The van der Waals surface area contributed by atoms with Crippen LogP contribution >= 0.6 is 0 Å². The lowest BCUT2D eigenvalue weighted by Gasteiger charge is -2.12. The normalized spacial score (nSPS) is 10.9. The Labute approximate surface area is 173 Å². The zero-order chi connectivity index (χ0) is 21.3. The monoisotopic (exact) mass is 404 g/mol. The minimum absolute atomic E-state index is 0.119. The fourth-order valence-electron chi connectivity index (χ4n) is 3.39. The first kappa shape index (κ1) is 19.6. The number of carbonyl (C=O) groups excluding carboxylic acids is 1. The minimum atomic E-state index is -0.332. The van der Waals surface area contributed by atoms with Gasteiger partial charge in [-0.1, -0.05) is 18.2 Å². The Kier molecular flexibility index (Phi) is 5.18. The SMILES string of the molecule is Cc1cc(F)ccc1NC(=O)Cn1c(C)cc(-c2nnc(-c3ccccc3)o2)c1C. The van der Waals surface area contributed by atoms with E-state index < -0.39 is 0 Å². The van der Waals surface area contributed by atoms with Gasteiger partial charge < -0.3 is 14.3 Å². The van der Waals surface area contributed by atoms with Gasteiger partial charge in [0.2, 0.25) is 17.7 Å². The fraction of sp³-hybridized carbons (Fsp3) is 0.174. The quantitative estimate of drug-likeness (QED) is 0.513. The van der Waals surface area contributed by atoms with Gasteiger partial charge in [-0.15, -0.1) is 10.2 Å². The second-order valence-electron chi connectivity index (χ2n) is 7.16. The molecule has 1 amide bonds. The van der Waals surface area contributed by atoms with Gasteiger partial charge in [-0.25, -0.2) is 4.39 Å². The molecular formula is C23H21FN4O2. The van der Waals surface area contributed by atoms with Crippen LogP contribution in [0, 0.1) is 26.6 Å². The van der Waals surface area contributed by atoms with Crippen molar-refractivity contribution in [2.75, 3.05) is 5.32 Å². The van der Waals surface area contributed by atoms with E-state index in [4.69, 9.17) is 4.42 Å². The summed E-state index contributed by atoms with van der Waals surface area (Å²) in [5.74, 6) is 0.318. The minimum Gasteiger partial charge on any atom is -0.416 e. The van der Waals surface area contributed by atoms with Gasteiger partial charge in [0.25, 0.3) is 0 Å². The van der Waals surface area contributed by atoms with Gasteiger partial charge in [0, 0.05) is 22.6 Å². The molecule has 6 nitrogen and oxygen atoms in total. The Bertz CT molecular complexity index is 1210. The predicted octanol–water partition coefficient (Wildman–Crippen LogP) is 4.91. The van der Waals surface area contributed by atoms with Crippen molar-refractivity contribution in [1.82, 2.24) is 14.8 Å². The summed E-state index contributed by atoms with van der Waals surface area (Å²) in [6, 6.07) is 15.8. The van der Waals surface area contributed by atoms with E-state index in [2.05, 4.69) is 15.5 Å². The zero-order valence-electron chi connectivity index (χ0n) is 16.9. The van der Waals surface area contributed by atoms with Gasteiger partial charge in [0.15, 0.2) is 0 Å². The standard InChI is InChI=1S/C23H21FN4O2/c1-14-11-18(24)9-10-20(14)25-21(29)13-28-15(2)12-19(16(28)3)23-27-26-22(30-23)17-7-5-4-6-8-17/h4-12H,13H2,1-3H3,(H,25,29). The molecule has 0 saturated carbocycles. The molecule has 1 N–H and O–H groups in total. The maximum absolute atomic E-state index is 13.3. The van der Waals surface area contributed by atoms with Crippen molar-refractivity contribution in [3.63, 3.8) is 0 Å². The zero-order valence-corrected chi connectivity index (χ0v) is 16.9.